The second kappa shape index (κ2) is 7.62. The number of rotatable bonds is 8. The van der Waals surface area contributed by atoms with Crippen molar-refractivity contribution in [3.05, 3.63) is 0 Å². The summed E-state index contributed by atoms with van der Waals surface area (Å²) < 4.78 is 27.9. The van der Waals surface area contributed by atoms with Crippen molar-refractivity contribution in [1.82, 2.24) is 4.31 Å². The fourth-order valence-electron chi connectivity index (χ4n) is 1.06. The summed E-state index contributed by atoms with van der Waals surface area (Å²) in [5.41, 5.74) is 0. The summed E-state index contributed by atoms with van der Waals surface area (Å²) in [6.45, 7) is 2.26. The molecule has 0 amide bonds. The van der Waals surface area contributed by atoms with Crippen LogP contribution in [0.4, 0.5) is 0 Å². The first-order valence-electron chi connectivity index (χ1n) is 5.45. The Hall–Kier alpha value is -0.620. The second-order valence-corrected chi connectivity index (χ2v) is 5.89. The highest BCUT2D eigenvalue weighted by Gasteiger charge is 2.15. The first-order valence-corrected chi connectivity index (χ1v) is 7.29. The minimum Gasteiger partial charge on any atom is -0.465 e. The van der Waals surface area contributed by atoms with Crippen molar-refractivity contribution in [3.8, 4) is 0 Å². The zero-order valence-corrected chi connectivity index (χ0v) is 11.0. The molecule has 16 heavy (non-hydrogen) atoms. The average molecular weight is 251 g/mol. The van der Waals surface area contributed by atoms with Crippen LogP contribution < -0.4 is 0 Å². The summed E-state index contributed by atoms with van der Waals surface area (Å²) in [4.78, 5) is 11.2. The van der Waals surface area contributed by atoms with Crippen LogP contribution in [-0.2, 0) is 19.6 Å². The third-order valence-corrected chi connectivity index (χ3v) is 3.44. The van der Waals surface area contributed by atoms with Gasteiger partial charge in [-0.3, -0.25) is 4.79 Å². The molecule has 0 N–H and O–H groups in total. The van der Waals surface area contributed by atoms with Crippen LogP contribution in [0.25, 0.3) is 0 Å². The summed E-state index contributed by atoms with van der Waals surface area (Å²) in [7, 11) is -1.95. The number of carbonyl (C=O) groups is 1. The first-order chi connectivity index (χ1) is 7.38. The molecule has 0 atom stereocenters. The molecule has 0 unspecified atom stereocenters. The lowest BCUT2D eigenvalue weighted by molar-refractivity contribution is -0.143. The van der Waals surface area contributed by atoms with E-state index in [9.17, 15) is 13.2 Å². The lowest BCUT2D eigenvalue weighted by atomic mass is 10.2. The van der Waals surface area contributed by atoms with Gasteiger partial charge in [0.05, 0.1) is 12.9 Å². The number of ether oxygens (including phenoxy) is 1. The number of nitrogens with zero attached hydrogens (tertiary/aromatic N) is 1. The molecule has 0 aliphatic heterocycles. The van der Waals surface area contributed by atoms with E-state index < -0.39 is 16.0 Å². The zero-order chi connectivity index (χ0) is 12.6. The molecule has 0 bridgehead atoms. The van der Waals surface area contributed by atoms with Crippen LogP contribution in [0, 0.1) is 0 Å². The molecular formula is C10H21NO4S. The van der Waals surface area contributed by atoms with Gasteiger partial charge in [-0.2, -0.15) is 4.31 Å². The molecule has 0 radical (unpaired) electrons. The molecule has 0 saturated heterocycles. The Morgan fingerprint density at radius 2 is 1.88 bits per heavy atom. The third kappa shape index (κ3) is 7.64. The van der Waals surface area contributed by atoms with E-state index in [1.807, 2.05) is 0 Å². The van der Waals surface area contributed by atoms with Crippen molar-refractivity contribution in [2.24, 2.45) is 0 Å². The number of unbranched alkanes of at least 4 members (excludes halogenated alkanes) is 3. The van der Waals surface area contributed by atoms with Crippen LogP contribution >= 0.6 is 0 Å². The minimum absolute atomic E-state index is 0.216. The lowest BCUT2D eigenvalue weighted by Crippen LogP contribution is -2.32. The topological polar surface area (TPSA) is 63.7 Å². The zero-order valence-electron chi connectivity index (χ0n) is 10.2. The molecule has 0 aromatic heterocycles. The number of likely N-dealkylation sites (N-methyl/N-ethyl adjacent to an activating group) is 1. The molecule has 5 nitrogen and oxygen atoms in total. The Kier molecular flexibility index (Phi) is 7.33. The standard InChI is InChI=1S/C10H21NO4S/c1-4-5-6-7-8-15-10(12)9-11(2)16(3,13)14/h4-9H2,1-3H3. The summed E-state index contributed by atoms with van der Waals surface area (Å²) >= 11 is 0. The molecule has 0 aliphatic carbocycles. The summed E-state index contributed by atoms with van der Waals surface area (Å²) in [6, 6.07) is 0. The van der Waals surface area contributed by atoms with Gasteiger partial charge in [0, 0.05) is 7.05 Å². The smallest absolute Gasteiger partial charge is 0.321 e. The van der Waals surface area contributed by atoms with Crippen molar-refractivity contribution in [2.45, 2.75) is 32.6 Å². The van der Waals surface area contributed by atoms with E-state index in [0.29, 0.717) is 6.61 Å². The highest BCUT2D eigenvalue weighted by molar-refractivity contribution is 7.88. The Morgan fingerprint density at radius 3 is 2.38 bits per heavy atom. The van der Waals surface area contributed by atoms with Crippen molar-refractivity contribution in [2.75, 3.05) is 26.5 Å². The van der Waals surface area contributed by atoms with Gasteiger partial charge in [0.25, 0.3) is 0 Å². The van der Waals surface area contributed by atoms with E-state index in [0.717, 1.165) is 36.2 Å². The fraction of sp³-hybridized carbons (Fsp3) is 0.900. The summed E-state index contributed by atoms with van der Waals surface area (Å²) in [6.07, 6.45) is 5.18. The molecule has 0 heterocycles. The summed E-state index contributed by atoms with van der Waals surface area (Å²) in [5.74, 6) is -0.496. The van der Waals surface area contributed by atoms with Gasteiger partial charge < -0.3 is 4.74 Å². The summed E-state index contributed by atoms with van der Waals surface area (Å²) in [5, 5.41) is 0. The van der Waals surface area contributed by atoms with Crippen LogP contribution in [0.15, 0.2) is 0 Å². The van der Waals surface area contributed by atoms with Gasteiger partial charge in [-0.25, -0.2) is 8.42 Å². The Labute approximate surface area is 97.8 Å². The molecule has 6 heteroatoms. The maximum atomic E-state index is 11.2. The molecule has 96 valence electrons. The van der Waals surface area contributed by atoms with E-state index in [1.165, 1.54) is 7.05 Å². The molecule has 0 spiro atoms. The van der Waals surface area contributed by atoms with Crippen molar-refractivity contribution in [1.29, 1.82) is 0 Å². The normalized spacial score (nSPS) is 11.8. The lowest BCUT2D eigenvalue weighted by Gasteiger charge is -2.12. The molecule has 0 rings (SSSR count). The Balaban J connectivity index is 3.67. The van der Waals surface area contributed by atoms with Crippen LogP contribution in [0.3, 0.4) is 0 Å². The first kappa shape index (κ1) is 15.4. The van der Waals surface area contributed by atoms with Gasteiger partial charge in [-0.05, 0) is 6.42 Å². The number of carbonyl (C=O) groups excluding carboxylic acids is 1. The van der Waals surface area contributed by atoms with Crippen LogP contribution in [0.1, 0.15) is 32.6 Å². The molecule has 0 aliphatic rings. The van der Waals surface area contributed by atoms with Crippen LogP contribution in [-0.4, -0.2) is 45.1 Å². The predicted octanol–water partition coefficient (Wildman–Crippen LogP) is 1.00. The molecule has 0 saturated carbocycles. The van der Waals surface area contributed by atoms with Gasteiger partial charge in [-0.1, -0.05) is 26.2 Å². The third-order valence-electron chi connectivity index (χ3n) is 2.18. The number of hydrogen-bond acceptors (Lipinski definition) is 4. The van der Waals surface area contributed by atoms with Crippen molar-refractivity contribution in [3.63, 3.8) is 0 Å². The van der Waals surface area contributed by atoms with E-state index in [1.54, 1.807) is 0 Å². The van der Waals surface area contributed by atoms with Crippen LogP contribution in [0.2, 0.25) is 0 Å². The largest absolute Gasteiger partial charge is 0.465 e. The Morgan fingerprint density at radius 1 is 1.25 bits per heavy atom. The fourth-order valence-corrected chi connectivity index (χ4v) is 1.40. The van der Waals surface area contributed by atoms with E-state index >= 15 is 0 Å². The quantitative estimate of drug-likeness (QED) is 0.477. The molecule has 0 fully saturated rings. The average Bonchev–Trinajstić information content (AvgIpc) is 2.16. The molecule has 0 aromatic carbocycles. The molecular weight excluding hydrogens is 230 g/mol. The minimum atomic E-state index is -3.30. The van der Waals surface area contributed by atoms with Crippen LogP contribution in [0.5, 0.6) is 0 Å². The van der Waals surface area contributed by atoms with E-state index in [4.69, 9.17) is 4.74 Å². The van der Waals surface area contributed by atoms with E-state index in [2.05, 4.69) is 6.92 Å². The predicted molar refractivity (Wildman–Crippen MR) is 62.6 cm³/mol. The monoisotopic (exact) mass is 251 g/mol. The molecule has 0 aromatic rings. The van der Waals surface area contributed by atoms with E-state index in [-0.39, 0.29) is 6.54 Å². The number of hydrogen-bond donors (Lipinski definition) is 0. The van der Waals surface area contributed by atoms with Gasteiger partial charge >= 0.3 is 5.97 Å². The van der Waals surface area contributed by atoms with Gasteiger partial charge in [0.15, 0.2) is 0 Å². The highest BCUT2D eigenvalue weighted by atomic mass is 32.2. The van der Waals surface area contributed by atoms with Crippen molar-refractivity contribution >= 4 is 16.0 Å². The second-order valence-electron chi connectivity index (χ2n) is 3.80. The number of esters is 1. The highest BCUT2D eigenvalue weighted by Crippen LogP contribution is 2.00. The maximum Gasteiger partial charge on any atom is 0.321 e. The van der Waals surface area contributed by atoms with Gasteiger partial charge in [0.1, 0.15) is 6.54 Å². The maximum absolute atomic E-state index is 11.2. The van der Waals surface area contributed by atoms with Gasteiger partial charge in [0.2, 0.25) is 10.0 Å². The Bertz CT molecular complexity index is 300. The SMILES string of the molecule is CCCCCCOC(=O)CN(C)S(C)(=O)=O. The van der Waals surface area contributed by atoms with Gasteiger partial charge in [-0.15, -0.1) is 0 Å². The number of sulfonamides is 1. The van der Waals surface area contributed by atoms with Crippen molar-refractivity contribution < 1.29 is 17.9 Å².